The maximum absolute atomic E-state index is 11.9. The number of hydrogen-bond acceptors (Lipinski definition) is 3. The number of likely N-dealkylation sites (tertiary alicyclic amines) is 1. The Balaban J connectivity index is 1.74. The van der Waals surface area contributed by atoms with Crippen molar-refractivity contribution in [3.8, 4) is 0 Å². The van der Waals surface area contributed by atoms with Gasteiger partial charge in [0.15, 0.2) is 0 Å². The third kappa shape index (κ3) is 4.20. The van der Waals surface area contributed by atoms with Crippen LogP contribution in [0.3, 0.4) is 0 Å². The predicted molar refractivity (Wildman–Crippen MR) is 75.5 cm³/mol. The molecule has 0 aromatic heterocycles. The second kappa shape index (κ2) is 6.89. The number of aliphatic hydroxyl groups is 1. The van der Waals surface area contributed by atoms with Crippen molar-refractivity contribution in [3.05, 3.63) is 34.9 Å². The molecule has 4 nitrogen and oxygen atoms in total. The molecule has 2 N–H and O–H groups in total. The Kier molecular flexibility index (Phi) is 5.19. The van der Waals surface area contributed by atoms with Crippen molar-refractivity contribution in [2.45, 2.75) is 18.9 Å². The molecule has 5 heteroatoms. The number of aliphatic hydroxyl groups excluding tert-OH is 1. The Bertz CT molecular complexity index is 431. The summed E-state index contributed by atoms with van der Waals surface area (Å²) in [4.78, 5) is 14.2. The van der Waals surface area contributed by atoms with Crippen LogP contribution in [0.4, 0.5) is 0 Å². The molecule has 19 heavy (non-hydrogen) atoms. The third-order valence-electron chi connectivity index (χ3n) is 3.39. The number of piperidine rings is 1. The second-order valence-corrected chi connectivity index (χ2v) is 5.22. The van der Waals surface area contributed by atoms with Crippen molar-refractivity contribution in [2.75, 3.05) is 26.2 Å². The Morgan fingerprint density at radius 3 is 2.74 bits per heavy atom. The molecule has 1 aromatic rings. The average Bonchev–Trinajstić information content (AvgIpc) is 2.41. The Hall–Kier alpha value is -1.10. The first kappa shape index (κ1) is 14.3. The zero-order chi connectivity index (χ0) is 13.7. The van der Waals surface area contributed by atoms with Gasteiger partial charge in [0.05, 0.1) is 16.7 Å². The van der Waals surface area contributed by atoms with Crippen LogP contribution in [0.15, 0.2) is 24.3 Å². The molecular formula is C14H19ClN2O2. The summed E-state index contributed by atoms with van der Waals surface area (Å²) < 4.78 is 0. The van der Waals surface area contributed by atoms with Gasteiger partial charge in [0, 0.05) is 26.2 Å². The molecular weight excluding hydrogens is 264 g/mol. The third-order valence-corrected chi connectivity index (χ3v) is 3.72. The molecule has 1 amide bonds. The summed E-state index contributed by atoms with van der Waals surface area (Å²) in [6.07, 6.45) is 1.48. The highest BCUT2D eigenvalue weighted by molar-refractivity contribution is 6.33. The molecule has 0 bridgehead atoms. The van der Waals surface area contributed by atoms with Crippen molar-refractivity contribution in [1.29, 1.82) is 0 Å². The van der Waals surface area contributed by atoms with E-state index >= 15 is 0 Å². The molecule has 0 unspecified atom stereocenters. The maximum atomic E-state index is 11.9. The van der Waals surface area contributed by atoms with Gasteiger partial charge in [-0.2, -0.15) is 0 Å². The monoisotopic (exact) mass is 282 g/mol. The molecule has 104 valence electrons. The lowest BCUT2D eigenvalue weighted by molar-refractivity contribution is 0.0804. The van der Waals surface area contributed by atoms with E-state index in [1.165, 1.54) is 0 Å². The standard InChI is InChI=1S/C14H19ClN2O2/c15-13-4-2-1-3-12(13)14(19)16-7-10-17-8-5-11(18)6-9-17/h1-4,11,18H,5-10H2,(H,16,19). The molecule has 0 radical (unpaired) electrons. The lowest BCUT2D eigenvalue weighted by Gasteiger charge is -2.29. The van der Waals surface area contributed by atoms with E-state index in [4.69, 9.17) is 11.6 Å². The summed E-state index contributed by atoms with van der Waals surface area (Å²) in [7, 11) is 0. The topological polar surface area (TPSA) is 52.6 Å². The summed E-state index contributed by atoms with van der Waals surface area (Å²) in [6.45, 7) is 3.19. The van der Waals surface area contributed by atoms with Gasteiger partial charge in [0.2, 0.25) is 0 Å². The van der Waals surface area contributed by atoms with Crippen molar-refractivity contribution in [1.82, 2.24) is 10.2 Å². The minimum Gasteiger partial charge on any atom is -0.393 e. The second-order valence-electron chi connectivity index (χ2n) is 4.81. The summed E-state index contributed by atoms with van der Waals surface area (Å²) in [6, 6.07) is 7.03. The fourth-order valence-electron chi connectivity index (χ4n) is 2.21. The minimum atomic E-state index is -0.158. The average molecular weight is 283 g/mol. The minimum absolute atomic E-state index is 0.136. The number of carbonyl (C=O) groups excluding carboxylic acids is 1. The van der Waals surface area contributed by atoms with Crippen LogP contribution in [0.25, 0.3) is 0 Å². The number of nitrogens with zero attached hydrogens (tertiary/aromatic N) is 1. The van der Waals surface area contributed by atoms with Crippen LogP contribution >= 0.6 is 11.6 Å². The van der Waals surface area contributed by atoms with Gasteiger partial charge in [-0.05, 0) is 25.0 Å². The molecule has 1 aliphatic rings. The molecule has 0 spiro atoms. The molecule has 1 fully saturated rings. The van der Waals surface area contributed by atoms with Crippen LogP contribution < -0.4 is 5.32 Å². The molecule has 1 saturated heterocycles. The molecule has 1 aliphatic heterocycles. The highest BCUT2D eigenvalue weighted by Crippen LogP contribution is 2.14. The van der Waals surface area contributed by atoms with Crippen molar-refractivity contribution < 1.29 is 9.90 Å². The number of halogens is 1. The largest absolute Gasteiger partial charge is 0.393 e. The number of hydrogen-bond donors (Lipinski definition) is 2. The normalized spacial score (nSPS) is 17.4. The number of carbonyl (C=O) groups is 1. The molecule has 0 atom stereocenters. The van der Waals surface area contributed by atoms with Crippen LogP contribution in [0.5, 0.6) is 0 Å². The number of nitrogens with one attached hydrogen (secondary N) is 1. The van der Waals surface area contributed by atoms with Crippen LogP contribution in [0.1, 0.15) is 23.2 Å². The van der Waals surface area contributed by atoms with Gasteiger partial charge in [-0.3, -0.25) is 4.79 Å². The molecule has 1 aromatic carbocycles. The van der Waals surface area contributed by atoms with Crippen molar-refractivity contribution in [3.63, 3.8) is 0 Å². The Labute approximate surface area is 118 Å². The number of amides is 1. The lowest BCUT2D eigenvalue weighted by atomic mass is 10.1. The van der Waals surface area contributed by atoms with Gasteiger partial charge in [0.1, 0.15) is 0 Å². The molecule has 2 rings (SSSR count). The van der Waals surface area contributed by atoms with Crippen LogP contribution in [-0.2, 0) is 0 Å². The first-order valence-electron chi connectivity index (χ1n) is 6.60. The lowest BCUT2D eigenvalue weighted by Crippen LogP contribution is -2.40. The van der Waals surface area contributed by atoms with E-state index < -0.39 is 0 Å². The van der Waals surface area contributed by atoms with E-state index in [0.717, 1.165) is 32.5 Å². The highest BCUT2D eigenvalue weighted by atomic mass is 35.5. The van der Waals surface area contributed by atoms with E-state index in [1.54, 1.807) is 24.3 Å². The van der Waals surface area contributed by atoms with E-state index in [9.17, 15) is 9.90 Å². The summed E-state index contributed by atoms with van der Waals surface area (Å²) >= 11 is 5.96. The van der Waals surface area contributed by atoms with Gasteiger partial charge in [0.25, 0.3) is 5.91 Å². The predicted octanol–water partition coefficient (Wildman–Crippen LogP) is 1.53. The van der Waals surface area contributed by atoms with Crippen LogP contribution in [0.2, 0.25) is 5.02 Å². The van der Waals surface area contributed by atoms with Gasteiger partial charge in [-0.15, -0.1) is 0 Å². The number of benzene rings is 1. The van der Waals surface area contributed by atoms with Gasteiger partial charge < -0.3 is 15.3 Å². The van der Waals surface area contributed by atoms with Gasteiger partial charge >= 0.3 is 0 Å². The van der Waals surface area contributed by atoms with E-state index in [2.05, 4.69) is 10.2 Å². The van der Waals surface area contributed by atoms with Crippen LogP contribution in [0, 0.1) is 0 Å². The van der Waals surface area contributed by atoms with E-state index in [-0.39, 0.29) is 12.0 Å². The fourth-order valence-corrected chi connectivity index (χ4v) is 2.43. The maximum Gasteiger partial charge on any atom is 0.252 e. The van der Waals surface area contributed by atoms with Crippen molar-refractivity contribution in [2.24, 2.45) is 0 Å². The summed E-state index contributed by atoms with van der Waals surface area (Å²) in [5.74, 6) is -0.136. The smallest absolute Gasteiger partial charge is 0.252 e. The first-order chi connectivity index (χ1) is 9.16. The van der Waals surface area contributed by atoms with Crippen molar-refractivity contribution >= 4 is 17.5 Å². The molecule has 1 heterocycles. The molecule has 0 aliphatic carbocycles. The van der Waals surface area contributed by atoms with E-state index in [1.807, 2.05) is 0 Å². The zero-order valence-electron chi connectivity index (χ0n) is 10.8. The Morgan fingerprint density at radius 1 is 1.37 bits per heavy atom. The summed E-state index contributed by atoms with van der Waals surface area (Å²) in [5.41, 5.74) is 0.512. The fraction of sp³-hybridized carbons (Fsp3) is 0.500. The quantitative estimate of drug-likeness (QED) is 0.881. The first-order valence-corrected chi connectivity index (χ1v) is 6.98. The summed E-state index contributed by atoms with van der Waals surface area (Å²) in [5, 5.41) is 12.8. The zero-order valence-corrected chi connectivity index (χ0v) is 11.6. The SMILES string of the molecule is O=C(NCCN1CCC(O)CC1)c1ccccc1Cl. The highest BCUT2D eigenvalue weighted by Gasteiger charge is 2.16. The Morgan fingerprint density at radius 2 is 2.05 bits per heavy atom. The number of rotatable bonds is 4. The van der Waals surface area contributed by atoms with Crippen LogP contribution in [-0.4, -0.2) is 48.2 Å². The molecule has 0 saturated carbocycles. The van der Waals surface area contributed by atoms with Gasteiger partial charge in [-0.25, -0.2) is 0 Å². The van der Waals surface area contributed by atoms with E-state index in [0.29, 0.717) is 17.1 Å². The van der Waals surface area contributed by atoms with Gasteiger partial charge in [-0.1, -0.05) is 23.7 Å².